The first kappa shape index (κ1) is 14.2. The monoisotopic (exact) mass is 279 g/mol. The minimum Gasteiger partial charge on any atom is -0.363 e. The third-order valence-corrected chi connectivity index (χ3v) is 3.29. The van der Waals surface area contributed by atoms with Gasteiger partial charge in [0.2, 0.25) is 0 Å². The summed E-state index contributed by atoms with van der Waals surface area (Å²) in [5.41, 5.74) is 2.92. The summed E-state index contributed by atoms with van der Waals surface area (Å²) < 4.78 is 5.71. The Labute approximate surface area is 119 Å². The number of aromatic amines is 1. The lowest BCUT2D eigenvalue weighted by atomic mass is 10.2. The highest BCUT2D eigenvalue weighted by molar-refractivity contribution is 7.80. The molecule has 2 N–H and O–H groups in total. The quantitative estimate of drug-likeness (QED) is 0.533. The topological polar surface area (TPSA) is 49.9 Å². The molecule has 0 fully saturated rings. The third-order valence-electron chi connectivity index (χ3n) is 3.08. The molecule has 0 aliphatic rings. The van der Waals surface area contributed by atoms with Crippen LogP contribution in [-0.2, 0) is 4.74 Å². The maximum Gasteiger partial charge on any atom is 0.163 e. The zero-order valence-electron chi connectivity index (χ0n) is 11.4. The Morgan fingerprint density at radius 2 is 2.32 bits per heavy atom. The van der Waals surface area contributed by atoms with E-state index in [0.717, 1.165) is 23.1 Å². The van der Waals surface area contributed by atoms with Crippen LogP contribution >= 0.6 is 12.6 Å². The van der Waals surface area contributed by atoms with Gasteiger partial charge in [-0.3, -0.25) is 0 Å². The molecule has 0 saturated heterocycles. The Kier molecular flexibility index (Phi) is 5.10. The number of nitrogens with one attached hydrogen (secondary N) is 2. The second-order valence-corrected chi connectivity index (χ2v) is 5.16. The lowest BCUT2D eigenvalue weighted by Crippen LogP contribution is -2.14. The molecule has 1 aromatic heterocycles. The van der Waals surface area contributed by atoms with E-state index in [-0.39, 0.29) is 0 Å². The van der Waals surface area contributed by atoms with E-state index in [9.17, 15) is 0 Å². The van der Waals surface area contributed by atoms with E-state index in [4.69, 9.17) is 4.74 Å². The summed E-state index contributed by atoms with van der Waals surface area (Å²) in [6, 6.07) is 5.98. The number of H-pyrrole nitrogens is 1. The molecule has 0 aliphatic heterocycles. The second kappa shape index (κ2) is 6.82. The Hall–Kier alpha value is -1.20. The van der Waals surface area contributed by atoms with Crippen LogP contribution in [0.1, 0.15) is 33.1 Å². The summed E-state index contributed by atoms with van der Waals surface area (Å²) in [7, 11) is 0. The molecule has 1 aromatic carbocycles. The van der Waals surface area contributed by atoms with E-state index in [1.165, 1.54) is 12.8 Å². The van der Waals surface area contributed by atoms with Crippen LogP contribution < -0.4 is 5.32 Å². The van der Waals surface area contributed by atoms with Gasteiger partial charge in [0.1, 0.15) is 6.73 Å². The van der Waals surface area contributed by atoms with Gasteiger partial charge in [-0.15, -0.1) is 12.6 Å². The van der Waals surface area contributed by atoms with Crippen molar-refractivity contribution in [1.29, 1.82) is 0 Å². The fraction of sp³-hybridized carbons (Fsp3) is 0.500. The van der Waals surface area contributed by atoms with E-state index >= 15 is 0 Å². The lowest BCUT2D eigenvalue weighted by Gasteiger charge is -2.13. The molecule has 0 spiro atoms. The van der Waals surface area contributed by atoms with Crippen molar-refractivity contribution in [2.45, 2.75) is 44.4 Å². The van der Waals surface area contributed by atoms with Gasteiger partial charge < -0.3 is 15.0 Å². The maximum atomic E-state index is 5.71. The SMILES string of the molecule is CCCCC(C)OCNc1ccc2nc(S)[nH]c2c1. The molecule has 2 rings (SSSR count). The van der Waals surface area contributed by atoms with Crippen LogP contribution in [0.5, 0.6) is 0 Å². The van der Waals surface area contributed by atoms with Crippen molar-refractivity contribution in [1.82, 2.24) is 9.97 Å². The maximum absolute atomic E-state index is 5.71. The Morgan fingerprint density at radius 1 is 1.47 bits per heavy atom. The molecule has 1 heterocycles. The van der Waals surface area contributed by atoms with Gasteiger partial charge in [0.05, 0.1) is 17.1 Å². The fourth-order valence-electron chi connectivity index (χ4n) is 1.95. The zero-order valence-corrected chi connectivity index (χ0v) is 12.3. The minimum atomic E-state index is 0.299. The summed E-state index contributed by atoms with van der Waals surface area (Å²) in [4.78, 5) is 7.34. The molecule has 0 aliphatic carbocycles. The molecule has 0 radical (unpaired) electrons. The first-order valence-electron chi connectivity index (χ1n) is 6.73. The zero-order chi connectivity index (χ0) is 13.7. The van der Waals surface area contributed by atoms with Crippen LogP contribution in [0, 0.1) is 0 Å². The molecule has 104 valence electrons. The number of rotatable bonds is 7. The van der Waals surface area contributed by atoms with Crippen LogP contribution in [-0.4, -0.2) is 22.8 Å². The van der Waals surface area contributed by atoms with Crippen LogP contribution in [0.3, 0.4) is 0 Å². The number of imidazole rings is 1. The number of unbranched alkanes of at least 4 members (excludes halogenated alkanes) is 1. The van der Waals surface area contributed by atoms with Crippen molar-refractivity contribution in [3.8, 4) is 0 Å². The predicted molar refractivity (Wildman–Crippen MR) is 81.9 cm³/mol. The Balaban J connectivity index is 1.84. The normalized spacial score (nSPS) is 12.8. The van der Waals surface area contributed by atoms with E-state index in [0.29, 0.717) is 18.0 Å². The molecular weight excluding hydrogens is 258 g/mol. The van der Waals surface area contributed by atoms with Crippen molar-refractivity contribution in [2.75, 3.05) is 12.0 Å². The first-order chi connectivity index (χ1) is 9.19. The van der Waals surface area contributed by atoms with Crippen LogP contribution in [0.25, 0.3) is 11.0 Å². The van der Waals surface area contributed by atoms with E-state index in [1.807, 2.05) is 18.2 Å². The van der Waals surface area contributed by atoms with E-state index < -0.39 is 0 Å². The average molecular weight is 279 g/mol. The van der Waals surface area contributed by atoms with Crippen molar-refractivity contribution in [3.05, 3.63) is 18.2 Å². The first-order valence-corrected chi connectivity index (χ1v) is 7.18. The Bertz CT molecular complexity index is 526. The molecule has 1 unspecified atom stereocenters. The third kappa shape index (κ3) is 4.14. The minimum absolute atomic E-state index is 0.299. The molecule has 4 nitrogen and oxygen atoms in total. The number of benzene rings is 1. The number of anilines is 1. The van der Waals surface area contributed by atoms with Gasteiger partial charge in [-0.1, -0.05) is 19.8 Å². The van der Waals surface area contributed by atoms with E-state index in [1.54, 1.807) is 0 Å². The molecule has 5 heteroatoms. The molecule has 2 aromatic rings. The largest absolute Gasteiger partial charge is 0.363 e. The smallest absolute Gasteiger partial charge is 0.163 e. The summed E-state index contributed by atoms with van der Waals surface area (Å²) in [6.07, 6.45) is 3.84. The molecule has 19 heavy (non-hydrogen) atoms. The van der Waals surface area contributed by atoms with Gasteiger partial charge >= 0.3 is 0 Å². The molecule has 0 amide bonds. The van der Waals surface area contributed by atoms with Crippen molar-refractivity contribution in [2.24, 2.45) is 0 Å². The number of aromatic nitrogens is 2. The van der Waals surface area contributed by atoms with Crippen LogP contribution in [0.2, 0.25) is 0 Å². The number of fused-ring (bicyclic) bond motifs is 1. The average Bonchev–Trinajstić information content (AvgIpc) is 2.75. The van der Waals surface area contributed by atoms with Crippen LogP contribution in [0.4, 0.5) is 5.69 Å². The van der Waals surface area contributed by atoms with Gasteiger partial charge in [-0.25, -0.2) is 4.98 Å². The molecule has 1 atom stereocenters. The molecule has 0 bridgehead atoms. The summed E-state index contributed by atoms with van der Waals surface area (Å²) >= 11 is 4.20. The molecule has 0 saturated carbocycles. The highest BCUT2D eigenvalue weighted by atomic mass is 32.1. The van der Waals surface area contributed by atoms with E-state index in [2.05, 4.69) is 41.8 Å². The highest BCUT2D eigenvalue weighted by Crippen LogP contribution is 2.18. The van der Waals surface area contributed by atoms with Gasteiger partial charge in [0, 0.05) is 5.69 Å². The van der Waals surface area contributed by atoms with Crippen molar-refractivity contribution < 1.29 is 4.74 Å². The summed E-state index contributed by atoms with van der Waals surface area (Å²) in [5.74, 6) is 0. The fourth-order valence-corrected chi connectivity index (χ4v) is 2.18. The lowest BCUT2D eigenvalue weighted by molar-refractivity contribution is 0.0724. The van der Waals surface area contributed by atoms with Crippen molar-refractivity contribution in [3.63, 3.8) is 0 Å². The van der Waals surface area contributed by atoms with Crippen molar-refractivity contribution >= 4 is 29.3 Å². The van der Waals surface area contributed by atoms with Gasteiger partial charge in [0.25, 0.3) is 0 Å². The molecular formula is C14H21N3OS. The number of thiol groups is 1. The van der Waals surface area contributed by atoms with Gasteiger partial charge in [0.15, 0.2) is 5.16 Å². The number of hydrogen-bond donors (Lipinski definition) is 3. The van der Waals surface area contributed by atoms with Gasteiger partial charge in [-0.05, 0) is 31.5 Å². The predicted octanol–water partition coefficient (Wildman–Crippen LogP) is 3.82. The Morgan fingerprint density at radius 3 is 3.11 bits per heavy atom. The number of ether oxygens (including phenoxy) is 1. The summed E-state index contributed by atoms with van der Waals surface area (Å²) in [5, 5.41) is 3.89. The number of nitrogens with zero attached hydrogens (tertiary/aromatic N) is 1. The highest BCUT2D eigenvalue weighted by Gasteiger charge is 2.03. The standard InChI is InChI=1S/C14H21N3OS/c1-3-4-5-10(2)18-9-15-11-6-7-12-13(8-11)17-14(19)16-12/h6-8,10,15H,3-5,9H2,1-2H3,(H2,16,17,19). The summed E-state index contributed by atoms with van der Waals surface area (Å²) in [6.45, 7) is 4.83. The van der Waals surface area contributed by atoms with Gasteiger partial charge in [-0.2, -0.15) is 0 Å². The number of hydrogen-bond acceptors (Lipinski definition) is 4. The second-order valence-electron chi connectivity index (χ2n) is 4.73. The van der Waals surface area contributed by atoms with Crippen LogP contribution in [0.15, 0.2) is 23.4 Å².